The van der Waals surface area contributed by atoms with Gasteiger partial charge in [-0.15, -0.1) is 0 Å². The lowest BCUT2D eigenvalue weighted by Gasteiger charge is -2.41. The Morgan fingerprint density at radius 2 is 0.841 bits per heavy atom. The van der Waals surface area contributed by atoms with E-state index in [9.17, 15) is 35.1 Å². The summed E-state index contributed by atoms with van der Waals surface area (Å²) in [5.74, 6) is -1.20. The summed E-state index contributed by atoms with van der Waals surface area (Å²) >= 11 is 0. The molecule has 1 heterocycles. The Morgan fingerprint density at radius 3 is 1.28 bits per heavy atom. The summed E-state index contributed by atoms with van der Waals surface area (Å²) in [5, 5.41) is 57.2. The maximum atomic E-state index is 13.5. The summed E-state index contributed by atoms with van der Waals surface area (Å²) in [6, 6.07) is -1.03. The van der Waals surface area contributed by atoms with Crippen molar-refractivity contribution in [3.63, 3.8) is 0 Å². The van der Waals surface area contributed by atoms with E-state index in [2.05, 4.69) is 74.7 Å². The van der Waals surface area contributed by atoms with Gasteiger partial charge in [0.15, 0.2) is 12.4 Å². The molecule has 0 aromatic carbocycles. The molecule has 1 aliphatic heterocycles. The molecule has 11 nitrogen and oxygen atoms in total. The normalized spacial score (nSPS) is 19.0. The van der Waals surface area contributed by atoms with Crippen molar-refractivity contribution < 1.29 is 49.3 Å². The van der Waals surface area contributed by atoms with Gasteiger partial charge in [0.2, 0.25) is 5.91 Å². The fourth-order valence-electron chi connectivity index (χ4n) is 10.7. The molecule has 1 amide bonds. The number of hydrogen-bond donors (Lipinski definition) is 6. The molecule has 1 rings (SSSR count). The van der Waals surface area contributed by atoms with Crippen LogP contribution in [0.25, 0.3) is 0 Å². The summed E-state index contributed by atoms with van der Waals surface area (Å²) in [4.78, 5) is 26.6. The molecule has 0 aromatic rings. The number of aliphatic hydroxyl groups is 5. The highest BCUT2D eigenvalue weighted by Crippen LogP contribution is 2.26. The third-order valence-corrected chi connectivity index (χ3v) is 16.2. The number of amides is 1. The van der Waals surface area contributed by atoms with E-state index >= 15 is 0 Å². The third kappa shape index (κ3) is 45.7. The number of esters is 1. The van der Waals surface area contributed by atoms with Crippen LogP contribution in [0, 0.1) is 0 Å². The van der Waals surface area contributed by atoms with Crippen molar-refractivity contribution in [3.05, 3.63) is 60.8 Å². The second-order valence-electron chi connectivity index (χ2n) is 23.9. The Bertz CT molecular complexity index is 1560. The zero-order valence-electron chi connectivity index (χ0n) is 53.1. The van der Waals surface area contributed by atoms with Crippen LogP contribution in [0.2, 0.25) is 0 Å². The average molecular weight is 1160 g/mol. The van der Waals surface area contributed by atoms with Gasteiger partial charge in [-0.3, -0.25) is 9.59 Å². The molecule has 8 atom stereocenters. The van der Waals surface area contributed by atoms with Crippen molar-refractivity contribution in [2.45, 2.75) is 365 Å². The highest BCUT2D eigenvalue weighted by molar-refractivity contribution is 5.80. The van der Waals surface area contributed by atoms with Crippen molar-refractivity contribution in [3.8, 4) is 0 Å². The second-order valence-corrected chi connectivity index (χ2v) is 23.9. The largest absolute Gasteiger partial charge is 0.454 e. The molecule has 0 aliphatic carbocycles. The minimum absolute atomic E-state index is 0.124. The fraction of sp³-hybridized carbons (Fsp3) is 0.831. The first-order valence-corrected chi connectivity index (χ1v) is 34.6. The van der Waals surface area contributed by atoms with Gasteiger partial charge in [-0.1, -0.05) is 300 Å². The number of allylic oxidation sites excluding steroid dienone is 9. The predicted molar refractivity (Wildman–Crippen MR) is 343 cm³/mol. The van der Waals surface area contributed by atoms with Gasteiger partial charge in [0.1, 0.15) is 24.4 Å². The molecule has 1 saturated heterocycles. The minimum atomic E-state index is -1.62. The Balaban J connectivity index is 2.62. The monoisotopic (exact) mass is 1160 g/mol. The topological polar surface area (TPSA) is 175 Å². The van der Waals surface area contributed by atoms with E-state index in [4.69, 9.17) is 14.2 Å². The summed E-state index contributed by atoms with van der Waals surface area (Å²) < 4.78 is 17.7. The molecule has 6 N–H and O–H groups in total. The number of carbonyl (C=O) groups is 2. The van der Waals surface area contributed by atoms with Crippen molar-refractivity contribution in [2.24, 2.45) is 0 Å². The molecule has 1 fully saturated rings. The highest BCUT2D eigenvalue weighted by atomic mass is 16.7. The van der Waals surface area contributed by atoms with Gasteiger partial charge in [-0.25, -0.2) is 0 Å². The van der Waals surface area contributed by atoms with E-state index in [0.717, 1.165) is 83.5 Å². The maximum Gasteiger partial charge on any atom is 0.306 e. The summed E-state index contributed by atoms with van der Waals surface area (Å²) in [5.41, 5.74) is 0. The lowest BCUT2D eigenvalue weighted by atomic mass is 9.99. The maximum absolute atomic E-state index is 13.5. The van der Waals surface area contributed by atoms with Crippen LogP contribution in [0.3, 0.4) is 0 Å². The Kier molecular flexibility index (Phi) is 55.4. The van der Waals surface area contributed by atoms with E-state index < -0.39 is 67.4 Å². The second kappa shape index (κ2) is 58.7. The van der Waals surface area contributed by atoms with E-state index in [0.29, 0.717) is 12.8 Å². The lowest BCUT2D eigenvalue weighted by Crippen LogP contribution is -2.61. The molecule has 0 bridgehead atoms. The van der Waals surface area contributed by atoms with Gasteiger partial charge in [0.05, 0.1) is 25.4 Å². The zero-order valence-corrected chi connectivity index (χ0v) is 53.1. The van der Waals surface area contributed by atoms with E-state index in [1.165, 1.54) is 186 Å². The van der Waals surface area contributed by atoms with Gasteiger partial charge in [-0.2, -0.15) is 0 Å². The van der Waals surface area contributed by atoms with E-state index in [-0.39, 0.29) is 19.4 Å². The first-order chi connectivity index (χ1) is 40.2. The highest BCUT2D eigenvalue weighted by Gasteiger charge is 2.47. The minimum Gasteiger partial charge on any atom is -0.454 e. The van der Waals surface area contributed by atoms with Crippen molar-refractivity contribution >= 4 is 11.9 Å². The summed E-state index contributed by atoms with van der Waals surface area (Å²) in [6.45, 7) is 5.78. The average Bonchev–Trinajstić information content (AvgIpc) is 3.66. The Labute approximate surface area is 503 Å². The lowest BCUT2D eigenvalue weighted by molar-refractivity contribution is -0.305. The number of ether oxygens (including phenoxy) is 3. The molecule has 8 unspecified atom stereocenters. The summed E-state index contributed by atoms with van der Waals surface area (Å²) in [6.07, 6.45) is 64.0. The Hall–Kier alpha value is -2.64. The fourth-order valence-corrected chi connectivity index (χ4v) is 10.7. The number of nitrogens with one attached hydrogen (secondary N) is 1. The van der Waals surface area contributed by atoms with Crippen molar-refractivity contribution in [1.29, 1.82) is 0 Å². The third-order valence-electron chi connectivity index (χ3n) is 16.2. The number of rotatable bonds is 59. The van der Waals surface area contributed by atoms with Crippen LogP contribution in [0.1, 0.15) is 316 Å². The van der Waals surface area contributed by atoms with Crippen LogP contribution in [0.5, 0.6) is 0 Å². The smallest absolute Gasteiger partial charge is 0.306 e. The van der Waals surface area contributed by atoms with Crippen LogP contribution < -0.4 is 5.32 Å². The Morgan fingerprint density at radius 1 is 0.476 bits per heavy atom. The van der Waals surface area contributed by atoms with Crippen LogP contribution in [0.15, 0.2) is 60.8 Å². The molecule has 11 heteroatoms. The SMILES string of the molecule is CCCCC/C=C\C/C=C\C/C=C\C/C=C\CCCCCCC(O)C(=O)NC(COC1OC(CO)C(O)C(O)C1OC(=O)CCCCCCCCCCCCCCCCCCCCCCC)C(O)/C=C/CCCCCCCCCCCC. The van der Waals surface area contributed by atoms with Gasteiger partial charge < -0.3 is 45.1 Å². The molecular formula is C71H129NO10. The molecule has 0 saturated carbocycles. The number of aliphatic hydroxyl groups excluding tert-OH is 5. The number of unbranched alkanes of at least 4 members (excludes halogenated alkanes) is 37. The zero-order chi connectivity index (χ0) is 59.6. The van der Waals surface area contributed by atoms with Crippen molar-refractivity contribution in [1.82, 2.24) is 5.32 Å². The van der Waals surface area contributed by atoms with Crippen LogP contribution in [-0.4, -0.2) is 99.6 Å². The van der Waals surface area contributed by atoms with Crippen LogP contribution in [-0.2, 0) is 23.8 Å². The van der Waals surface area contributed by atoms with Crippen molar-refractivity contribution in [2.75, 3.05) is 13.2 Å². The molecule has 1 aliphatic rings. The van der Waals surface area contributed by atoms with Gasteiger partial charge in [0, 0.05) is 6.42 Å². The molecule has 0 radical (unpaired) electrons. The molecule has 0 spiro atoms. The van der Waals surface area contributed by atoms with E-state index in [1.54, 1.807) is 6.08 Å². The quantitative estimate of drug-likeness (QED) is 0.0195. The summed E-state index contributed by atoms with van der Waals surface area (Å²) in [7, 11) is 0. The van der Waals surface area contributed by atoms with Crippen LogP contribution >= 0.6 is 0 Å². The van der Waals surface area contributed by atoms with Crippen LogP contribution in [0.4, 0.5) is 0 Å². The molecular weight excluding hydrogens is 1030 g/mol. The van der Waals surface area contributed by atoms with Gasteiger partial charge >= 0.3 is 5.97 Å². The van der Waals surface area contributed by atoms with Gasteiger partial charge in [0.25, 0.3) is 0 Å². The molecule has 82 heavy (non-hydrogen) atoms. The molecule has 0 aromatic heterocycles. The van der Waals surface area contributed by atoms with E-state index in [1.807, 2.05) is 6.08 Å². The van der Waals surface area contributed by atoms with Gasteiger partial charge in [-0.05, 0) is 70.6 Å². The predicted octanol–water partition coefficient (Wildman–Crippen LogP) is 17.3. The first kappa shape index (κ1) is 77.4. The molecule has 478 valence electrons. The number of carbonyl (C=O) groups excluding carboxylic acids is 2. The number of hydrogen-bond acceptors (Lipinski definition) is 10. The first-order valence-electron chi connectivity index (χ1n) is 34.6. The standard InChI is InChI=1S/C71H129NO10/c1-4-7-10-13-16-19-22-25-27-29-31-33-35-37-39-41-44-47-50-53-56-59-66(76)82-69-68(78)67(77)65(60-73)81-71(69)80-61-62(63(74)57-54-51-48-45-42-24-21-18-15-12-9-6-3)72-70(79)64(75)58-55-52-49-46-43-40-38-36-34-32-30-28-26-23-20-17-14-11-8-5-2/h17,20,26,28,32,34,38,40,54,57,62-65,67-69,71,73-75,77-78H,4-16,18-19,21-25,27,29-31,33,35-37,39,41-53,55-56,58-61H2,1-3H3,(H,72,79)/b20-17-,28-26-,34-32-,40-38-,57-54+.